The summed E-state index contributed by atoms with van der Waals surface area (Å²) in [5, 5.41) is 2.70. The summed E-state index contributed by atoms with van der Waals surface area (Å²) in [7, 11) is -4.87. The Morgan fingerprint density at radius 2 is 1.41 bits per heavy atom. The molecule has 0 unspecified atom stereocenters. The quantitative estimate of drug-likeness (QED) is 0.384. The zero-order valence-corrected chi connectivity index (χ0v) is 24.1. The van der Waals surface area contributed by atoms with E-state index in [1.807, 2.05) is 6.92 Å². The van der Waals surface area contributed by atoms with Crippen LogP contribution in [0.2, 0.25) is 0 Å². The van der Waals surface area contributed by atoms with Crippen molar-refractivity contribution >= 4 is 49.1 Å². The second-order valence-electron chi connectivity index (χ2n) is 8.67. The molecule has 1 aliphatic heterocycles. The second-order valence-corrected chi connectivity index (χ2v) is 13.5. The Morgan fingerprint density at radius 3 is 2.00 bits per heavy atom. The fourth-order valence-corrected chi connectivity index (χ4v) is 7.56. The molecule has 0 saturated carbocycles. The monoisotopic (exact) mass is 591 g/mol. The number of sulfonamides is 2. The predicted octanol–water partition coefficient (Wildman–Crippen LogP) is 3.80. The Kier molecular flexibility index (Phi) is 8.74. The third kappa shape index (κ3) is 6.49. The highest BCUT2D eigenvalue weighted by Gasteiger charge is 2.26. The normalized spacial score (nSPS) is 14.4. The maximum atomic E-state index is 13.3. The first-order valence-corrected chi connectivity index (χ1v) is 16.0. The van der Waals surface area contributed by atoms with Gasteiger partial charge in [-0.25, -0.2) is 16.8 Å². The average Bonchev–Trinajstić information content (AvgIpc) is 2.93. The molecule has 1 amide bonds. The molecule has 1 aliphatic rings. The highest BCUT2D eigenvalue weighted by atomic mass is 32.2. The van der Waals surface area contributed by atoms with Crippen LogP contribution in [0.25, 0.3) is 0 Å². The number of rotatable bonds is 9. The number of aryl methyl sites for hydroxylation is 1. The van der Waals surface area contributed by atoms with E-state index < -0.39 is 26.0 Å². The number of nitrogens with one attached hydrogen (secondary N) is 2. The number of anilines is 2. The number of carbonyl (C=O) groups excluding carboxylic acids is 1. The molecule has 0 aromatic heterocycles. The number of nitrogens with zero attached hydrogens (tertiary/aromatic N) is 1. The van der Waals surface area contributed by atoms with E-state index in [1.54, 1.807) is 23.9 Å². The molecule has 1 heterocycles. The van der Waals surface area contributed by atoms with Crippen molar-refractivity contribution < 1.29 is 31.1 Å². The van der Waals surface area contributed by atoms with Crippen LogP contribution in [0.15, 0.2) is 70.5 Å². The van der Waals surface area contributed by atoms with Crippen molar-refractivity contribution in [2.75, 3.05) is 48.9 Å². The molecule has 0 radical (unpaired) electrons. The van der Waals surface area contributed by atoms with Gasteiger partial charge in [-0.2, -0.15) is 16.1 Å². The molecule has 0 atom stereocenters. The Balaban J connectivity index is 1.62. The number of hydrogen-bond donors (Lipinski definition) is 2. The smallest absolute Gasteiger partial charge is 0.261 e. The van der Waals surface area contributed by atoms with Gasteiger partial charge < -0.3 is 14.8 Å². The first-order chi connectivity index (χ1) is 18.5. The highest BCUT2D eigenvalue weighted by Crippen LogP contribution is 2.35. The van der Waals surface area contributed by atoms with Gasteiger partial charge in [0, 0.05) is 36.3 Å². The van der Waals surface area contributed by atoms with Gasteiger partial charge in [0.2, 0.25) is 10.0 Å². The first-order valence-electron chi connectivity index (χ1n) is 11.9. The number of hydrogen-bond acceptors (Lipinski definition) is 8. The van der Waals surface area contributed by atoms with Gasteiger partial charge in [-0.3, -0.25) is 9.52 Å². The molecule has 3 aromatic carbocycles. The summed E-state index contributed by atoms with van der Waals surface area (Å²) in [5.74, 6) is 1.30. The average molecular weight is 592 g/mol. The molecule has 4 rings (SSSR count). The predicted molar refractivity (Wildman–Crippen MR) is 152 cm³/mol. The second kappa shape index (κ2) is 11.9. The topological polar surface area (TPSA) is 131 Å². The van der Waals surface area contributed by atoms with Crippen LogP contribution >= 0.6 is 11.8 Å². The van der Waals surface area contributed by atoms with Crippen molar-refractivity contribution in [3.63, 3.8) is 0 Å². The van der Waals surface area contributed by atoms with Crippen LogP contribution in [0.5, 0.6) is 11.5 Å². The lowest BCUT2D eigenvalue weighted by Gasteiger charge is -2.25. The van der Waals surface area contributed by atoms with Gasteiger partial charge in [0.1, 0.15) is 0 Å². The summed E-state index contributed by atoms with van der Waals surface area (Å²) in [6.45, 7) is 2.74. The van der Waals surface area contributed by atoms with E-state index in [-0.39, 0.29) is 32.5 Å². The standard InChI is InChI=1S/C26H29N3O7S3/c1-18-4-8-20(9-5-18)38(31,32)28-23-17-25(36-3)24(35-2)16-22(23)26(30)27-19-6-10-21(11-7-19)39(33,34)29-12-14-37-15-13-29/h4-11,16-17,28H,12-15H2,1-3H3,(H,27,30). The van der Waals surface area contributed by atoms with E-state index in [9.17, 15) is 21.6 Å². The summed E-state index contributed by atoms with van der Waals surface area (Å²) in [4.78, 5) is 13.5. The van der Waals surface area contributed by atoms with Gasteiger partial charge in [0.15, 0.2) is 11.5 Å². The fraction of sp³-hybridized carbons (Fsp3) is 0.269. The molecular formula is C26H29N3O7S3. The molecule has 13 heteroatoms. The molecule has 39 heavy (non-hydrogen) atoms. The Hall–Kier alpha value is -3.26. The van der Waals surface area contributed by atoms with E-state index in [2.05, 4.69) is 10.0 Å². The number of benzene rings is 3. The van der Waals surface area contributed by atoms with Crippen molar-refractivity contribution in [2.24, 2.45) is 0 Å². The molecule has 208 valence electrons. The Morgan fingerprint density at radius 1 is 0.846 bits per heavy atom. The van der Waals surface area contributed by atoms with Crippen LogP contribution in [0.4, 0.5) is 11.4 Å². The van der Waals surface area contributed by atoms with Gasteiger partial charge in [-0.05, 0) is 49.4 Å². The highest BCUT2D eigenvalue weighted by molar-refractivity contribution is 7.99. The molecular weight excluding hydrogens is 563 g/mol. The summed E-state index contributed by atoms with van der Waals surface area (Å²) in [5.41, 5.74) is 1.18. The molecule has 10 nitrogen and oxygen atoms in total. The molecule has 3 aromatic rings. The van der Waals surface area contributed by atoms with Crippen LogP contribution in [-0.2, 0) is 20.0 Å². The fourth-order valence-electron chi connectivity index (χ4n) is 3.92. The SMILES string of the molecule is COc1cc(NS(=O)(=O)c2ccc(C)cc2)c(C(=O)Nc2ccc(S(=O)(=O)N3CCSCC3)cc2)cc1OC. The van der Waals surface area contributed by atoms with Crippen LogP contribution < -0.4 is 19.5 Å². The molecule has 2 N–H and O–H groups in total. The summed E-state index contributed by atoms with van der Waals surface area (Å²) in [6.07, 6.45) is 0. The van der Waals surface area contributed by atoms with Crippen molar-refractivity contribution in [1.29, 1.82) is 0 Å². The Bertz CT molecular complexity index is 1550. The van der Waals surface area contributed by atoms with E-state index in [1.165, 1.54) is 67.1 Å². The maximum absolute atomic E-state index is 13.3. The van der Waals surface area contributed by atoms with Crippen LogP contribution in [0, 0.1) is 6.92 Å². The largest absolute Gasteiger partial charge is 0.493 e. The lowest BCUT2D eigenvalue weighted by molar-refractivity contribution is 0.102. The van der Waals surface area contributed by atoms with E-state index >= 15 is 0 Å². The summed E-state index contributed by atoms with van der Waals surface area (Å²) in [6, 6.07) is 14.9. The number of methoxy groups -OCH3 is 2. The van der Waals surface area contributed by atoms with Gasteiger partial charge in [0.05, 0.1) is 35.3 Å². The number of carbonyl (C=O) groups is 1. The lowest BCUT2D eigenvalue weighted by Crippen LogP contribution is -2.37. The van der Waals surface area contributed by atoms with Crippen molar-refractivity contribution in [3.05, 3.63) is 71.8 Å². The molecule has 0 bridgehead atoms. The maximum Gasteiger partial charge on any atom is 0.261 e. The minimum absolute atomic E-state index is 0.0205. The number of thioether (sulfide) groups is 1. The zero-order valence-electron chi connectivity index (χ0n) is 21.6. The minimum atomic E-state index is -4.04. The zero-order chi connectivity index (χ0) is 28.2. The van der Waals surface area contributed by atoms with Gasteiger partial charge in [-0.1, -0.05) is 17.7 Å². The van der Waals surface area contributed by atoms with E-state index in [0.717, 1.165) is 17.1 Å². The molecule has 1 saturated heterocycles. The van der Waals surface area contributed by atoms with Crippen LogP contribution in [-0.4, -0.2) is 65.9 Å². The van der Waals surface area contributed by atoms with Crippen molar-refractivity contribution in [1.82, 2.24) is 4.31 Å². The van der Waals surface area contributed by atoms with Crippen molar-refractivity contribution in [3.8, 4) is 11.5 Å². The first kappa shape index (κ1) is 28.7. The van der Waals surface area contributed by atoms with Gasteiger partial charge in [-0.15, -0.1) is 0 Å². The molecule has 0 aliphatic carbocycles. The third-order valence-corrected chi connectivity index (χ3v) is 10.3. The number of ether oxygens (including phenoxy) is 2. The summed E-state index contributed by atoms with van der Waals surface area (Å²) < 4.78 is 66.6. The van der Waals surface area contributed by atoms with E-state index in [4.69, 9.17) is 9.47 Å². The van der Waals surface area contributed by atoms with Gasteiger partial charge >= 0.3 is 0 Å². The van der Waals surface area contributed by atoms with Crippen molar-refractivity contribution in [2.45, 2.75) is 16.7 Å². The van der Waals surface area contributed by atoms with Crippen LogP contribution in [0.1, 0.15) is 15.9 Å². The lowest BCUT2D eigenvalue weighted by atomic mass is 10.1. The number of amides is 1. The molecule has 1 fully saturated rings. The third-order valence-electron chi connectivity index (χ3n) is 6.06. The van der Waals surface area contributed by atoms with E-state index in [0.29, 0.717) is 18.8 Å². The Labute approximate surface area is 232 Å². The van der Waals surface area contributed by atoms with Crippen LogP contribution in [0.3, 0.4) is 0 Å². The minimum Gasteiger partial charge on any atom is -0.493 e. The summed E-state index contributed by atoms with van der Waals surface area (Å²) >= 11 is 1.71. The molecule has 0 spiro atoms. The van der Waals surface area contributed by atoms with Gasteiger partial charge in [0.25, 0.3) is 15.9 Å².